The standard InChI is InChI=1S/C20H34O2/c1-2-3-4-5-6-7-8-9-10-11-12-13-14-15-16-17-18-19-20(21)22/h6-7,15-18H,2-5,8-14,19H2,1H3,(H,21,22)/b7-6+,16-15+,18-17+. The van der Waals surface area contributed by atoms with Gasteiger partial charge in [0.05, 0.1) is 6.42 Å². The summed E-state index contributed by atoms with van der Waals surface area (Å²) in [6.07, 6.45) is 26.5. The second-order valence-electron chi connectivity index (χ2n) is 5.77. The third-order valence-electron chi connectivity index (χ3n) is 3.56. The Kier molecular flexibility index (Phi) is 16.7. The molecule has 0 spiro atoms. The molecule has 2 nitrogen and oxygen atoms in total. The summed E-state index contributed by atoms with van der Waals surface area (Å²) in [6, 6.07) is 0. The van der Waals surface area contributed by atoms with E-state index in [1.54, 1.807) is 6.08 Å². The van der Waals surface area contributed by atoms with Crippen LogP contribution in [0.5, 0.6) is 0 Å². The molecule has 0 amide bonds. The molecule has 0 aromatic heterocycles. The molecule has 0 aliphatic rings. The molecule has 0 heterocycles. The van der Waals surface area contributed by atoms with Gasteiger partial charge in [-0.1, -0.05) is 75.5 Å². The van der Waals surface area contributed by atoms with Crippen molar-refractivity contribution in [1.29, 1.82) is 0 Å². The maximum atomic E-state index is 10.3. The van der Waals surface area contributed by atoms with Crippen LogP contribution in [-0.4, -0.2) is 11.1 Å². The highest BCUT2D eigenvalue weighted by atomic mass is 16.4. The van der Waals surface area contributed by atoms with Gasteiger partial charge < -0.3 is 5.11 Å². The molecule has 0 fully saturated rings. The number of aliphatic carboxylic acids is 1. The molecule has 0 atom stereocenters. The van der Waals surface area contributed by atoms with Gasteiger partial charge in [-0.05, 0) is 38.5 Å². The predicted octanol–water partition coefficient (Wildman–Crippen LogP) is 6.44. The number of rotatable bonds is 15. The molecule has 0 saturated heterocycles. The van der Waals surface area contributed by atoms with Crippen LogP contribution in [0.1, 0.15) is 84.0 Å². The Hall–Kier alpha value is -1.31. The molecule has 126 valence electrons. The maximum absolute atomic E-state index is 10.3. The van der Waals surface area contributed by atoms with Crippen molar-refractivity contribution in [2.45, 2.75) is 84.0 Å². The number of hydrogen-bond donors (Lipinski definition) is 1. The molecule has 0 saturated carbocycles. The SMILES string of the molecule is CCCCC/C=C/CCCCCCC/C=C/C=C/CC(=O)O. The van der Waals surface area contributed by atoms with Crippen molar-refractivity contribution in [2.75, 3.05) is 0 Å². The molecular formula is C20H34O2. The lowest BCUT2D eigenvalue weighted by Gasteiger charge is -1.98. The number of carbonyl (C=O) groups is 1. The fraction of sp³-hybridized carbons (Fsp3) is 0.650. The zero-order valence-electron chi connectivity index (χ0n) is 14.3. The number of unbranched alkanes of at least 4 members (excludes halogenated alkanes) is 9. The van der Waals surface area contributed by atoms with Crippen molar-refractivity contribution in [3.8, 4) is 0 Å². The molecule has 2 heteroatoms. The van der Waals surface area contributed by atoms with E-state index in [9.17, 15) is 4.79 Å². The lowest BCUT2D eigenvalue weighted by atomic mass is 10.1. The maximum Gasteiger partial charge on any atom is 0.307 e. The van der Waals surface area contributed by atoms with E-state index in [1.165, 1.54) is 64.2 Å². The monoisotopic (exact) mass is 306 g/mol. The van der Waals surface area contributed by atoms with Crippen molar-refractivity contribution in [2.24, 2.45) is 0 Å². The van der Waals surface area contributed by atoms with Crippen molar-refractivity contribution in [3.05, 3.63) is 36.5 Å². The van der Waals surface area contributed by atoms with Crippen LogP contribution in [0.2, 0.25) is 0 Å². The first-order valence-electron chi connectivity index (χ1n) is 8.95. The summed E-state index contributed by atoms with van der Waals surface area (Å²) >= 11 is 0. The lowest BCUT2D eigenvalue weighted by Crippen LogP contribution is -1.89. The van der Waals surface area contributed by atoms with Crippen LogP contribution in [0.25, 0.3) is 0 Å². The minimum atomic E-state index is -0.777. The predicted molar refractivity (Wildman–Crippen MR) is 96.1 cm³/mol. The van der Waals surface area contributed by atoms with Crippen LogP contribution in [0, 0.1) is 0 Å². The van der Waals surface area contributed by atoms with Gasteiger partial charge in [-0.15, -0.1) is 0 Å². The summed E-state index contributed by atoms with van der Waals surface area (Å²) in [5.74, 6) is -0.777. The van der Waals surface area contributed by atoms with Crippen LogP contribution in [-0.2, 0) is 4.79 Å². The summed E-state index contributed by atoms with van der Waals surface area (Å²) in [5.41, 5.74) is 0. The number of hydrogen-bond acceptors (Lipinski definition) is 1. The van der Waals surface area contributed by atoms with Crippen molar-refractivity contribution in [3.63, 3.8) is 0 Å². The first-order valence-corrected chi connectivity index (χ1v) is 8.95. The minimum Gasteiger partial charge on any atom is -0.481 e. The van der Waals surface area contributed by atoms with Gasteiger partial charge in [0.2, 0.25) is 0 Å². The molecule has 0 aromatic carbocycles. The zero-order chi connectivity index (χ0) is 16.3. The summed E-state index contributed by atoms with van der Waals surface area (Å²) < 4.78 is 0. The van der Waals surface area contributed by atoms with Gasteiger partial charge in [0.1, 0.15) is 0 Å². The Labute approximate surface area is 137 Å². The fourth-order valence-electron chi connectivity index (χ4n) is 2.22. The summed E-state index contributed by atoms with van der Waals surface area (Å²) in [7, 11) is 0. The molecule has 0 aliphatic carbocycles. The highest BCUT2D eigenvalue weighted by molar-refractivity contribution is 5.68. The van der Waals surface area contributed by atoms with Gasteiger partial charge in [-0.2, -0.15) is 0 Å². The van der Waals surface area contributed by atoms with Crippen LogP contribution >= 0.6 is 0 Å². The molecule has 0 aromatic rings. The molecule has 22 heavy (non-hydrogen) atoms. The second kappa shape index (κ2) is 17.7. The van der Waals surface area contributed by atoms with E-state index >= 15 is 0 Å². The lowest BCUT2D eigenvalue weighted by molar-refractivity contribution is -0.136. The molecule has 0 radical (unpaired) electrons. The summed E-state index contributed by atoms with van der Waals surface area (Å²) in [4.78, 5) is 10.3. The van der Waals surface area contributed by atoms with E-state index in [-0.39, 0.29) is 6.42 Å². The molecule has 0 bridgehead atoms. The average molecular weight is 306 g/mol. The Balaban J connectivity index is 3.21. The number of allylic oxidation sites excluding steroid dienone is 5. The Bertz CT molecular complexity index is 327. The fourth-order valence-corrected chi connectivity index (χ4v) is 2.22. The van der Waals surface area contributed by atoms with E-state index < -0.39 is 5.97 Å². The van der Waals surface area contributed by atoms with E-state index in [0.29, 0.717) is 0 Å². The van der Waals surface area contributed by atoms with Gasteiger partial charge in [-0.25, -0.2) is 0 Å². The van der Waals surface area contributed by atoms with Crippen molar-refractivity contribution >= 4 is 5.97 Å². The van der Waals surface area contributed by atoms with Gasteiger partial charge in [0.15, 0.2) is 0 Å². The highest BCUT2D eigenvalue weighted by Gasteiger charge is 1.89. The largest absolute Gasteiger partial charge is 0.481 e. The van der Waals surface area contributed by atoms with Gasteiger partial charge in [0, 0.05) is 0 Å². The van der Waals surface area contributed by atoms with Gasteiger partial charge in [-0.3, -0.25) is 4.79 Å². The number of carboxylic acids is 1. The Morgan fingerprint density at radius 2 is 1.23 bits per heavy atom. The summed E-state index contributed by atoms with van der Waals surface area (Å²) in [6.45, 7) is 2.25. The molecular weight excluding hydrogens is 272 g/mol. The van der Waals surface area contributed by atoms with Crippen LogP contribution in [0.15, 0.2) is 36.5 Å². The third-order valence-corrected chi connectivity index (χ3v) is 3.56. The number of carboxylic acid groups (broad SMARTS) is 1. The average Bonchev–Trinajstić information content (AvgIpc) is 2.50. The van der Waals surface area contributed by atoms with Crippen molar-refractivity contribution < 1.29 is 9.90 Å². The van der Waals surface area contributed by atoms with Crippen LogP contribution in [0.3, 0.4) is 0 Å². The first-order chi connectivity index (χ1) is 10.8. The quantitative estimate of drug-likeness (QED) is 0.215. The molecule has 0 rings (SSSR count). The Morgan fingerprint density at radius 1 is 0.727 bits per heavy atom. The first kappa shape index (κ1) is 20.7. The highest BCUT2D eigenvalue weighted by Crippen LogP contribution is 2.08. The third kappa shape index (κ3) is 18.7. The van der Waals surface area contributed by atoms with Gasteiger partial charge >= 0.3 is 5.97 Å². The zero-order valence-corrected chi connectivity index (χ0v) is 14.3. The van der Waals surface area contributed by atoms with E-state index in [4.69, 9.17) is 5.11 Å². The second-order valence-corrected chi connectivity index (χ2v) is 5.77. The minimum absolute atomic E-state index is 0.109. The van der Waals surface area contributed by atoms with Crippen LogP contribution in [0.4, 0.5) is 0 Å². The van der Waals surface area contributed by atoms with Gasteiger partial charge in [0.25, 0.3) is 0 Å². The van der Waals surface area contributed by atoms with E-state index in [2.05, 4.69) is 25.2 Å². The molecule has 1 N–H and O–H groups in total. The summed E-state index contributed by atoms with van der Waals surface area (Å²) in [5, 5.41) is 8.46. The van der Waals surface area contributed by atoms with E-state index in [1.807, 2.05) is 12.2 Å². The normalized spacial score (nSPS) is 12.0. The molecule has 0 aliphatic heterocycles. The van der Waals surface area contributed by atoms with E-state index in [0.717, 1.165) is 6.42 Å². The molecule has 0 unspecified atom stereocenters. The topological polar surface area (TPSA) is 37.3 Å². The smallest absolute Gasteiger partial charge is 0.307 e. The van der Waals surface area contributed by atoms with Crippen LogP contribution < -0.4 is 0 Å². The Morgan fingerprint density at radius 3 is 1.82 bits per heavy atom. The van der Waals surface area contributed by atoms with Crippen molar-refractivity contribution in [1.82, 2.24) is 0 Å².